The van der Waals surface area contributed by atoms with Crippen LogP contribution in [0.15, 0.2) is 77.6 Å². The first kappa shape index (κ1) is 24.6. The number of rotatable bonds is 10. The molecule has 0 saturated carbocycles. The molecule has 35 heavy (non-hydrogen) atoms. The molecule has 0 bridgehead atoms. The van der Waals surface area contributed by atoms with Crippen molar-refractivity contribution in [2.45, 2.75) is 19.0 Å². The van der Waals surface area contributed by atoms with Gasteiger partial charge in [-0.05, 0) is 37.2 Å². The number of piperazine rings is 1. The zero-order chi connectivity index (χ0) is 24.5. The first-order valence-electron chi connectivity index (χ1n) is 12.1. The van der Waals surface area contributed by atoms with E-state index in [0.29, 0.717) is 12.6 Å². The Kier molecular flexibility index (Phi) is 8.64. The van der Waals surface area contributed by atoms with E-state index in [0.717, 1.165) is 38.3 Å². The van der Waals surface area contributed by atoms with Crippen LogP contribution in [0.1, 0.15) is 28.5 Å². The van der Waals surface area contributed by atoms with Crippen LogP contribution in [0, 0.1) is 0 Å². The molecular weight excluding hydrogens is 442 g/mol. The fraction of sp³-hybridized carbons (Fsp3) is 0.370. The number of ether oxygens (including phenoxy) is 1. The summed E-state index contributed by atoms with van der Waals surface area (Å²) in [5, 5.41) is 7.17. The summed E-state index contributed by atoms with van der Waals surface area (Å²) in [6.07, 6.45) is 0.837. The SMILES string of the molecule is CN1CCN(CCCNC(=O)c2ccc(=O)n(CCOc3ccccc3)n2)C(c2ccccc2)C1. The van der Waals surface area contributed by atoms with Crippen LogP contribution in [-0.4, -0.2) is 71.9 Å². The quantitative estimate of drug-likeness (QED) is 0.454. The van der Waals surface area contributed by atoms with Crippen molar-refractivity contribution in [1.82, 2.24) is 24.9 Å². The van der Waals surface area contributed by atoms with Gasteiger partial charge in [0.2, 0.25) is 0 Å². The minimum atomic E-state index is -0.277. The van der Waals surface area contributed by atoms with E-state index in [4.69, 9.17) is 4.74 Å². The van der Waals surface area contributed by atoms with Crippen molar-refractivity contribution >= 4 is 5.91 Å². The monoisotopic (exact) mass is 475 g/mol. The predicted molar refractivity (Wildman–Crippen MR) is 136 cm³/mol. The Morgan fingerprint density at radius 1 is 1.00 bits per heavy atom. The highest BCUT2D eigenvalue weighted by Gasteiger charge is 2.26. The number of hydrogen-bond acceptors (Lipinski definition) is 6. The maximum absolute atomic E-state index is 12.6. The van der Waals surface area contributed by atoms with Gasteiger partial charge in [0.1, 0.15) is 18.1 Å². The standard InChI is InChI=1S/C27H33N5O3/c1-30-17-18-31(25(21-30)22-9-4-2-5-10-22)16-8-15-28-27(34)24-13-14-26(33)32(29-24)19-20-35-23-11-6-3-7-12-23/h2-7,9-14,25H,8,15-21H2,1H3,(H,28,34). The van der Waals surface area contributed by atoms with Gasteiger partial charge in [-0.1, -0.05) is 48.5 Å². The number of likely N-dealkylation sites (N-methyl/N-ethyl adjacent to an activating group) is 1. The molecule has 1 amide bonds. The van der Waals surface area contributed by atoms with Gasteiger partial charge in [0.25, 0.3) is 11.5 Å². The van der Waals surface area contributed by atoms with Crippen LogP contribution in [0.2, 0.25) is 0 Å². The van der Waals surface area contributed by atoms with Crippen LogP contribution >= 0.6 is 0 Å². The summed E-state index contributed by atoms with van der Waals surface area (Å²) in [5.41, 5.74) is 1.29. The molecule has 1 aliphatic heterocycles. The van der Waals surface area contributed by atoms with Gasteiger partial charge in [-0.25, -0.2) is 4.68 Å². The molecule has 0 aliphatic carbocycles. The summed E-state index contributed by atoms with van der Waals surface area (Å²) in [6.45, 7) is 5.03. The van der Waals surface area contributed by atoms with Crippen LogP contribution < -0.4 is 15.6 Å². The van der Waals surface area contributed by atoms with Crippen LogP contribution in [0.3, 0.4) is 0 Å². The summed E-state index contributed by atoms with van der Waals surface area (Å²) in [4.78, 5) is 29.6. The molecule has 2 heterocycles. The van der Waals surface area contributed by atoms with Crippen molar-refractivity contribution in [3.63, 3.8) is 0 Å². The topological polar surface area (TPSA) is 79.7 Å². The smallest absolute Gasteiger partial charge is 0.271 e. The lowest BCUT2D eigenvalue weighted by molar-refractivity contribution is 0.0863. The first-order valence-corrected chi connectivity index (χ1v) is 12.1. The van der Waals surface area contributed by atoms with Crippen molar-refractivity contribution in [2.24, 2.45) is 0 Å². The Balaban J connectivity index is 1.26. The molecule has 184 valence electrons. The molecule has 1 N–H and O–H groups in total. The van der Waals surface area contributed by atoms with Gasteiger partial charge in [-0.2, -0.15) is 5.10 Å². The summed E-state index contributed by atoms with van der Waals surface area (Å²) in [5.74, 6) is 0.449. The number of nitrogens with zero attached hydrogens (tertiary/aromatic N) is 4. The molecule has 0 spiro atoms. The lowest BCUT2D eigenvalue weighted by atomic mass is 10.0. The maximum Gasteiger partial charge on any atom is 0.271 e. The normalized spacial score (nSPS) is 16.7. The third-order valence-corrected chi connectivity index (χ3v) is 6.20. The molecule has 4 rings (SSSR count). The zero-order valence-electron chi connectivity index (χ0n) is 20.2. The van der Waals surface area contributed by atoms with Gasteiger partial charge in [-0.15, -0.1) is 0 Å². The molecule has 1 atom stereocenters. The third-order valence-electron chi connectivity index (χ3n) is 6.20. The Morgan fingerprint density at radius 2 is 1.74 bits per heavy atom. The number of carbonyl (C=O) groups excluding carboxylic acids is 1. The van der Waals surface area contributed by atoms with Crippen molar-refractivity contribution in [1.29, 1.82) is 0 Å². The van der Waals surface area contributed by atoms with Gasteiger partial charge in [-0.3, -0.25) is 14.5 Å². The number of benzene rings is 2. The fourth-order valence-corrected chi connectivity index (χ4v) is 4.29. The van der Waals surface area contributed by atoms with Crippen LogP contribution in [-0.2, 0) is 6.54 Å². The average molecular weight is 476 g/mol. The fourth-order valence-electron chi connectivity index (χ4n) is 4.29. The second kappa shape index (κ2) is 12.3. The minimum absolute atomic E-state index is 0.228. The molecule has 3 aromatic rings. The highest BCUT2D eigenvalue weighted by atomic mass is 16.5. The molecule has 1 fully saturated rings. The average Bonchev–Trinajstić information content (AvgIpc) is 2.89. The highest BCUT2D eigenvalue weighted by molar-refractivity contribution is 5.91. The van der Waals surface area contributed by atoms with Crippen molar-refractivity contribution in [2.75, 3.05) is 46.4 Å². The van der Waals surface area contributed by atoms with E-state index in [1.165, 1.54) is 22.4 Å². The van der Waals surface area contributed by atoms with E-state index in [1.807, 2.05) is 36.4 Å². The highest BCUT2D eigenvalue weighted by Crippen LogP contribution is 2.24. The molecular formula is C27H33N5O3. The maximum atomic E-state index is 12.6. The Morgan fingerprint density at radius 3 is 2.51 bits per heavy atom. The molecule has 1 unspecified atom stereocenters. The number of carbonyl (C=O) groups is 1. The van der Waals surface area contributed by atoms with Crippen LogP contribution in [0.4, 0.5) is 0 Å². The van der Waals surface area contributed by atoms with E-state index in [9.17, 15) is 9.59 Å². The van der Waals surface area contributed by atoms with Gasteiger partial charge < -0.3 is 15.0 Å². The van der Waals surface area contributed by atoms with Gasteiger partial charge in [0.05, 0.1) is 6.54 Å². The summed E-state index contributed by atoms with van der Waals surface area (Å²) < 4.78 is 6.91. The van der Waals surface area contributed by atoms with E-state index < -0.39 is 0 Å². The lowest BCUT2D eigenvalue weighted by Crippen LogP contribution is -2.47. The van der Waals surface area contributed by atoms with E-state index in [-0.39, 0.29) is 30.3 Å². The molecule has 1 aliphatic rings. The van der Waals surface area contributed by atoms with Gasteiger partial charge in [0.15, 0.2) is 0 Å². The van der Waals surface area contributed by atoms with Crippen LogP contribution in [0.5, 0.6) is 5.75 Å². The molecule has 1 saturated heterocycles. The summed E-state index contributed by atoms with van der Waals surface area (Å²) in [7, 11) is 2.16. The molecule has 8 heteroatoms. The number of para-hydroxylation sites is 1. The first-order chi connectivity index (χ1) is 17.1. The minimum Gasteiger partial charge on any atom is -0.492 e. The van der Waals surface area contributed by atoms with Crippen molar-refractivity contribution in [3.8, 4) is 5.75 Å². The number of hydrogen-bond donors (Lipinski definition) is 1. The zero-order valence-corrected chi connectivity index (χ0v) is 20.2. The van der Waals surface area contributed by atoms with Crippen molar-refractivity contribution < 1.29 is 9.53 Å². The lowest BCUT2D eigenvalue weighted by Gasteiger charge is -2.40. The number of amides is 1. The second-order valence-corrected chi connectivity index (χ2v) is 8.78. The predicted octanol–water partition coefficient (Wildman–Crippen LogP) is 2.43. The Labute approximate surface area is 206 Å². The molecule has 8 nitrogen and oxygen atoms in total. The number of nitrogens with one attached hydrogen (secondary N) is 1. The van der Waals surface area contributed by atoms with E-state index >= 15 is 0 Å². The largest absolute Gasteiger partial charge is 0.492 e. The van der Waals surface area contributed by atoms with Gasteiger partial charge >= 0.3 is 0 Å². The van der Waals surface area contributed by atoms with E-state index in [2.05, 4.69) is 51.5 Å². The molecule has 0 radical (unpaired) electrons. The Bertz CT molecular complexity index is 1140. The van der Waals surface area contributed by atoms with Crippen LogP contribution in [0.25, 0.3) is 0 Å². The van der Waals surface area contributed by atoms with E-state index in [1.54, 1.807) is 0 Å². The number of aromatic nitrogens is 2. The third kappa shape index (κ3) is 7.00. The second-order valence-electron chi connectivity index (χ2n) is 8.78. The Hall–Kier alpha value is -3.49. The van der Waals surface area contributed by atoms with Crippen molar-refractivity contribution in [3.05, 3.63) is 94.4 Å². The summed E-state index contributed by atoms with van der Waals surface area (Å²) in [6, 6.07) is 23.2. The summed E-state index contributed by atoms with van der Waals surface area (Å²) >= 11 is 0. The van der Waals surface area contributed by atoms with Gasteiger partial charge in [0, 0.05) is 44.8 Å². The molecule has 2 aromatic carbocycles. The molecule has 1 aromatic heterocycles.